The maximum absolute atomic E-state index is 10.3. The van der Waals surface area contributed by atoms with Crippen LogP contribution in [0.5, 0.6) is 0 Å². The number of β-amino-alcohol motifs (C(OH)–C–C–N with tert-alkyl or cyclic N) is 1. The Bertz CT molecular complexity index is 403. The molecular weight excluding hydrogens is 272 g/mol. The topological polar surface area (TPSA) is 58.3 Å². The van der Waals surface area contributed by atoms with E-state index in [4.69, 9.17) is 5.73 Å². The van der Waals surface area contributed by atoms with Crippen LogP contribution in [0.15, 0.2) is 30.3 Å². The van der Waals surface area contributed by atoms with Crippen LogP contribution >= 0.6 is 0 Å². The maximum atomic E-state index is 10.3. The van der Waals surface area contributed by atoms with Gasteiger partial charge in [-0.1, -0.05) is 57.0 Å². The molecule has 126 valence electrons. The first-order valence-electron chi connectivity index (χ1n) is 8.53. The first-order valence-corrected chi connectivity index (χ1v) is 8.53. The summed E-state index contributed by atoms with van der Waals surface area (Å²) in [5, 5.41) is 13.7. The summed E-state index contributed by atoms with van der Waals surface area (Å²) in [5.74, 6) is 0.751. The summed E-state index contributed by atoms with van der Waals surface area (Å²) in [4.78, 5) is 0. The van der Waals surface area contributed by atoms with E-state index in [-0.39, 0.29) is 11.6 Å². The summed E-state index contributed by atoms with van der Waals surface area (Å²) in [7, 11) is 0. The van der Waals surface area contributed by atoms with E-state index in [0.29, 0.717) is 13.0 Å². The van der Waals surface area contributed by atoms with Crippen molar-refractivity contribution >= 4 is 0 Å². The van der Waals surface area contributed by atoms with E-state index in [1.54, 1.807) is 0 Å². The average molecular weight is 306 g/mol. The third kappa shape index (κ3) is 7.92. The Morgan fingerprint density at radius 3 is 2.41 bits per heavy atom. The van der Waals surface area contributed by atoms with Crippen LogP contribution in [0.1, 0.15) is 52.5 Å². The van der Waals surface area contributed by atoms with Crippen LogP contribution in [0.25, 0.3) is 0 Å². The molecule has 0 aliphatic carbocycles. The van der Waals surface area contributed by atoms with Gasteiger partial charge in [-0.2, -0.15) is 0 Å². The van der Waals surface area contributed by atoms with Crippen molar-refractivity contribution in [3.05, 3.63) is 35.9 Å². The highest BCUT2D eigenvalue weighted by Crippen LogP contribution is 2.16. The van der Waals surface area contributed by atoms with Crippen molar-refractivity contribution in [2.24, 2.45) is 11.7 Å². The number of hydrogen-bond acceptors (Lipinski definition) is 3. The molecule has 0 bridgehead atoms. The van der Waals surface area contributed by atoms with Gasteiger partial charge in [-0.15, -0.1) is 0 Å². The molecule has 0 amide bonds. The molecule has 0 saturated heterocycles. The molecule has 0 aliphatic rings. The molecule has 0 unspecified atom stereocenters. The molecule has 0 saturated carbocycles. The molecule has 2 atom stereocenters. The molecule has 1 rings (SSSR count). The number of benzene rings is 1. The highest BCUT2D eigenvalue weighted by molar-refractivity contribution is 5.16. The second-order valence-electron chi connectivity index (χ2n) is 7.47. The second kappa shape index (κ2) is 9.29. The molecule has 1 aromatic carbocycles. The zero-order valence-electron chi connectivity index (χ0n) is 14.7. The Morgan fingerprint density at radius 1 is 1.18 bits per heavy atom. The minimum atomic E-state index is -0.524. The third-order valence-electron chi connectivity index (χ3n) is 4.18. The van der Waals surface area contributed by atoms with Crippen LogP contribution in [-0.4, -0.2) is 29.3 Å². The van der Waals surface area contributed by atoms with Gasteiger partial charge >= 0.3 is 0 Å². The van der Waals surface area contributed by atoms with Crippen LogP contribution in [0.3, 0.4) is 0 Å². The molecule has 1 aromatic rings. The molecule has 3 nitrogen and oxygen atoms in total. The Morgan fingerprint density at radius 2 is 1.82 bits per heavy atom. The van der Waals surface area contributed by atoms with Crippen LogP contribution in [-0.2, 0) is 6.42 Å². The Labute approximate surface area is 136 Å². The summed E-state index contributed by atoms with van der Waals surface area (Å²) >= 11 is 0. The van der Waals surface area contributed by atoms with Crippen molar-refractivity contribution in [2.75, 3.05) is 6.54 Å². The molecule has 0 radical (unpaired) electrons. The number of aliphatic hydroxyl groups is 1. The van der Waals surface area contributed by atoms with E-state index in [1.165, 1.54) is 18.4 Å². The van der Waals surface area contributed by atoms with Gasteiger partial charge in [-0.25, -0.2) is 0 Å². The van der Waals surface area contributed by atoms with Gasteiger partial charge in [-0.05, 0) is 38.2 Å². The predicted molar refractivity (Wildman–Crippen MR) is 94.9 cm³/mol. The van der Waals surface area contributed by atoms with Gasteiger partial charge in [0, 0.05) is 18.1 Å². The van der Waals surface area contributed by atoms with Gasteiger partial charge in [0.2, 0.25) is 0 Å². The third-order valence-corrected chi connectivity index (χ3v) is 4.18. The minimum Gasteiger partial charge on any atom is -0.390 e. The van der Waals surface area contributed by atoms with E-state index in [9.17, 15) is 5.11 Å². The first kappa shape index (κ1) is 19.1. The smallest absolute Gasteiger partial charge is 0.0818 e. The average Bonchev–Trinajstić information content (AvgIpc) is 2.45. The molecule has 4 N–H and O–H groups in total. The van der Waals surface area contributed by atoms with Gasteiger partial charge < -0.3 is 16.2 Å². The quantitative estimate of drug-likeness (QED) is 0.622. The molecule has 22 heavy (non-hydrogen) atoms. The van der Waals surface area contributed by atoms with Crippen molar-refractivity contribution in [2.45, 2.75) is 71.1 Å². The van der Waals surface area contributed by atoms with Gasteiger partial charge in [0.1, 0.15) is 0 Å². The lowest BCUT2D eigenvalue weighted by Gasteiger charge is -2.29. The molecule has 0 fully saturated rings. The fourth-order valence-electron chi connectivity index (χ4n) is 2.60. The fraction of sp³-hybridized carbons (Fsp3) is 0.684. The van der Waals surface area contributed by atoms with Crippen LogP contribution in [0, 0.1) is 5.92 Å². The molecule has 0 aliphatic heterocycles. The molecule has 3 heteroatoms. The lowest BCUT2D eigenvalue weighted by Crippen LogP contribution is -2.49. The summed E-state index contributed by atoms with van der Waals surface area (Å²) in [6.07, 6.45) is 3.76. The number of nitrogens with two attached hydrogens (primary N) is 1. The van der Waals surface area contributed by atoms with Crippen LogP contribution in [0.4, 0.5) is 0 Å². The second-order valence-corrected chi connectivity index (χ2v) is 7.47. The fourth-order valence-corrected chi connectivity index (χ4v) is 2.60. The van der Waals surface area contributed by atoms with Crippen molar-refractivity contribution in [3.63, 3.8) is 0 Å². The lowest BCUT2D eigenvalue weighted by atomic mass is 9.94. The van der Waals surface area contributed by atoms with E-state index in [1.807, 2.05) is 18.2 Å². The van der Waals surface area contributed by atoms with Gasteiger partial charge in [-0.3, -0.25) is 0 Å². The van der Waals surface area contributed by atoms with Crippen molar-refractivity contribution < 1.29 is 5.11 Å². The Hall–Kier alpha value is -0.900. The number of aliphatic hydroxyl groups excluding tert-OH is 1. The predicted octanol–water partition coefficient (Wildman–Crippen LogP) is 3.11. The normalized spacial score (nSPS) is 15.0. The lowest BCUT2D eigenvalue weighted by molar-refractivity contribution is 0.129. The molecule has 0 aromatic heterocycles. The molecule has 0 heterocycles. The number of rotatable bonds is 10. The van der Waals surface area contributed by atoms with E-state index < -0.39 is 6.10 Å². The summed E-state index contributed by atoms with van der Waals surface area (Å²) in [5.41, 5.74) is 7.34. The number of hydrogen-bond donors (Lipinski definition) is 3. The Kier molecular flexibility index (Phi) is 8.08. The standard InChI is InChI=1S/C19H34N2O/c1-15(2)9-8-12-19(3,4)21-14-18(22)17(20)13-16-10-6-5-7-11-16/h5-7,10-11,15,17-18,21-22H,8-9,12-14,20H2,1-4H3/t17-,18+/m0/s1. The molecule has 0 spiro atoms. The highest BCUT2D eigenvalue weighted by atomic mass is 16.3. The first-order chi connectivity index (χ1) is 10.3. The van der Waals surface area contributed by atoms with Crippen molar-refractivity contribution in [1.82, 2.24) is 5.32 Å². The Balaban J connectivity index is 2.32. The summed E-state index contributed by atoms with van der Waals surface area (Å²) in [6, 6.07) is 9.87. The summed E-state index contributed by atoms with van der Waals surface area (Å²) < 4.78 is 0. The summed E-state index contributed by atoms with van der Waals surface area (Å²) in [6.45, 7) is 9.45. The molecular formula is C19H34N2O. The van der Waals surface area contributed by atoms with Crippen LogP contribution in [0.2, 0.25) is 0 Å². The van der Waals surface area contributed by atoms with Crippen molar-refractivity contribution in [1.29, 1.82) is 0 Å². The number of nitrogens with one attached hydrogen (secondary N) is 1. The minimum absolute atomic E-state index is 0.0440. The SMILES string of the molecule is CC(C)CCCC(C)(C)NC[C@@H](O)[C@@H](N)Cc1ccccc1. The van der Waals surface area contributed by atoms with Crippen LogP contribution < -0.4 is 11.1 Å². The van der Waals surface area contributed by atoms with Gasteiger partial charge in [0.15, 0.2) is 0 Å². The monoisotopic (exact) mass is 306 g/mol. The zero-order valence-corrected chi connectivity index (χ0v) is 14.7. The van der Waals surface area contributed by atoms with Gasteiger partial charge in [0.05, 0.1) is 6.10 Å². The van der Waals surface area contributed by atoms with E-state index in [0.717, 1.165) is 12.3 Å². The highest BCUT2D eigenvalue weighted by Gasteiger charge is 2.21. The maximum Gasteiger partial charge on any atom is 0.0818 e. The van der Waals surface area contributed by atoms with E-state index >= 15 is 0 Å². The van der Waals surface area contributed by atoms with Crippen molar-refractivity contribution in [3.8, 4) is 0 Å². The largest absolute Gasteiger partial charge is 0.390 e. The van der Waals surface area contributed by atoms with E-state index in [2.05, 4.69) is 45.1 Å². The zero-order chi connectivity index (χ0) is 16.6. The van der Waals surface area contributed by atoms with Gasteiger partial charge in [0.25, 0.3) is 0 Å².